The molecule has 0 fully saturated rings. The molecule has 0 aliphatic carbocycles. The molecule has 0 aromatic heterocycles. The van der Waals surface area contributed by atoms with Gasteiger partial charge in [-0.2, -0.15) is 0 Å². The molecule has 0 unspecified atom stereocenters. The molecule has 0 radical (unpaired) electrons. The second-order valence-corrected chi connectivity index (χ2v) is 9.55. The Morgan fingerprint density at radius 3 is 2.09 bits per heavy atom. The summed E-state index contributed by atoms with van der Waals surface area (Å²) in [5.41, 5.74) is 3.49. The Hall–Kier alpha value is -3.93. The Kier molecular flexibility index (Phi) is 8.42. The molecule has 1 atom stereocenters. The van der Waals surface area contributed by atoms with E-state index in [0.29, 0.717) is 29.8 Å². The van der Waals surface area contributed by atoms with Gasteiger partial charge in [-0.3, -0.25) is 14.4 Å². The van der Waals surface area contributed by atoms with Gasteiger partial charge in [-0.25, -0.2) is 0 Å². The van der Waals surface area contributed by atoms with Crippen LogP contribution in [0.25, 0.3) is 0 Å². The maximum atomic E-state index is 12.8. The lowest BCUT2D eigenvalue weighted by atomic mass is 9.86. The van der Waals surface area contributed by atoms with Gasteiger partial charge < -0.3 is 16.0 Å². The number of carbonyl (C=O) groups excluding carboxylic acids is 3. The standard InChI is InChI=1S/C29H33N3O3/c1-20(31-27(34)22-14-16-23(17-15-22)29(2,3)4)26(33)32-25-13-9-8-12-24(25)28(35)30-19-18-21-10-6-5-7-11-21/h5-17,20H,18-19H2,1-4H3,(H,30,35)(H,31,34)(H,32,33)/t20-/m0/s1. The minimum absolute atomic E-state index is 0.0105. The molecule has 3 rings (SSSR count). The fraction of sp³-hybridized carbons (Fsp3) is 0.276. The van der Waals surface area contributed by atoms with Gasteiger partial charge in [0.15, 0.2) is 0 Å². The van der Waals surface area contributed by atoms with E-state index in [1.54, 1.807) is 43.3 Å². The van der Waals surface area contributed by atoms with Gasteiger partial charge in [0.25, 0.3) is 11.8 Å². The molecule has 3 aromatic carbocycles. The highest BCUT2D eigenvalue weighted by molar-refractivity contribution is 6.06. The van der Waals surface area contributed by atoms with E-state index in [9.17, 15) is 14.4 Å². The van der Waals surface area contributed by atoms with Crippen LogP contribution in [0.15, 0.2) is 78.9 Å². The molecule has 0 heterocycles. The Morgan fingerprint density at radius 1 is 0.800 bits per heavy atom. The van der Waals surface area contributed by atoms with Crippen LogP contribution >= 0.6 is 0 Å². The van der Waals surface area contributed by atoms with Crippen LogP contribution in [0.5, 0.6) is 0 Å². The van der Waals surface area contributed by atoms with Crippen LogP contribution in [0.1, 0.15) is 59.5 Å². The summed E-state index contributed by atoms with van der Waals surface area (Å²) in [6.45, 7) is 8.41. The zero-order chi connectivity index (χ0) is 25.4. The Balaban J connectivity index is 1.58. The lowest BCUT2D eigenvalue weighted by molar-refractivity contribution is -0.117. The first-order valence-electron chi connectivity index (χ1n) is 11.8. The third-order valence-electron chi connectivity index (χ3n) is 5.73. The van der Waals surface area contributed by atoms with Crippen LogP contribution in [0.2, 0.25) is 0 Å². The number of anilines is 1. The summed E-state index contributed by atoms with van der Waals surface area (Å²) >= 11 is 0. The number of nitrogens with one attached hydrogen (secondary N) is 3. The van der Waals surface area contributed by atoms with Crippen molar-refractivity contribution >= 4 is 23.4 Å². The fourth-order valence-electron chi connectivity index (χ4n) is 3.56. The SMILES string of the molecule is C[C@H](NC(=O)c1ccc(C(C)(C)C)cc1)C(=O)Nc1ccccc1C(=O)NCCc1ccccc1. The van der Waals surface area contributed by atoms with Gasteiger partial charge in [0.1, 0.15) is 6.04 Å². The molecule has 6 heteroatoms. The topological polar surface area (TPSA) is 87.3 Å². The predicted molar refractivity (Wildman–Crippen MR) is 140 cm³/mol. The van der Waals surface area contributed by atoms with Crippen molar-refractivity contribution in [1.82, 2.24) is 10.6 Å². The van der Waals surface area contributed by atoms with Crippen LogP contribution in [0.4, 0.5) is 5.69 Å². The largest absolute Gasteiger partial charge is 0.352 e. The first-order valence-corrected chi connectivity index (χ1v) is 11.8. The maximum absolute atomic E-state index is 12.8. The summed E-state index contributed by atoms with van der Waals surface area (Å²) in [6.07, 6.45) is 0.709. The number of benzene rings is 3. The number of hydrogen-bond donors (Lipinski definition) is 3. The summed E-state index contributed by atoms with van der Waals surface area (Å²) < 4.78 is 0. The van der Waals surface area contributed by atoms with Crippen LogP contribution in [-0.2, 0) is 16.6 Å². The normalized spacial score (nSPS) is 11.9. The lowest BCUT2D eigenvalue weighted by Gasteiger charge is -2.19. The van der Waals surface area contributed by atoms with Gasteiger partial charge in [0, 0.05) is 12.1 Å². The van der Waals surface area contributed by atoms with E-state index < -0.39 is 11.9 Å². The zero-order valence-electron chi connectivity index (χ0n) is 20.7. The average Bonchev–Trinajstić information content (AvgIpc) is 2.84. The highest BCUT2D eigenvalue weighted by Crippen LogP contribution is 2.22. The zero-order valence-corrected chi connectivity index (χ0v) is 20.7. The Morgan fingerprint density at radius 2 is 1.43 bits per heavy atom. The average molecular weight is 472 g/mol. The number of rotatable bonds is 8. The molecule has 0 saturated heterocycles. The van der Waals surface area contributed by atoms with Crippen LogP contribution in [0, 0.1) is 0 Å². The predicted octanol–water partition coefficient (Wildman–Crippen LogP) is 4.71. The molecular weight excluding hydrogens is 438 g/mol. The van der Waals surface area contributed by atoms with Crippen molar-refractivity contribution in [3.05, 3.63) is 101 Å². The second-order valence-electron chi connectivity index (χ2n) is 9.55. The number of amides is 3. The minimum Gasteiger partial charge on any atom is -0.352 e. The summed E-state index contributed by atoms with van der Waals surface area (Å²) in [4.78, 5) is 38.1. The second kappa shape index (κ2) is 11.5. The molecular formula is C29H33N3O3. The first-order chi connectivity index (χ1) is 16.6. The van der Waals surface area contributed by atoms with E-state index in [1.807, 2.05) is 42.5 Å². The van der Waals surface area contributed by atoms with Crippen LogP contribution in [0.3, 0.4) is 0 Å². The monoisotopic (exact) mass is 471 g/mol. The quantitative estimate of drug-likeness (QED) is 0.445. The molecule has 6 nitrogen and oxygen atoms in total. The molecule has 0 spiro atoms. The third kappa shape index (κ3) is 7.27. The number of para-hydroxylation sites is 1. The molecule has 3 amide bonds. The van der Waals surface area contributed by atoms with Crippen molar-refractivity contribution in [2.24, 2.45) is 0 Å². The minimum atomic E-state index is -0.793. The summed E-state index contributed by atoms with van der Waals surface area (Å²) in [5.74, 6) is -1.01. The van der Waals surface area contributed by atoms with Gasteiger partial charge in [-0.1, -0.05) is 75.4 Å². The highest BCUT2D eigenvalue weighted by atomic mass is 16.2. The Bertz CT molecular complexity index is 1170. The maximum Gasteiger partial charge on any atom is 0.253 e. The summed E-state index contributed by atoms with van der Waals surface area (Å²) in [6, 6.07) is 23.3. The van der Waals surface area contributed by atoms with Crippen LogP contribution < -0.4 is 16.0 Å². The molecule has 3 aromatic rings. The Labute approximate surface area is 207 Å². The van der Waals surface area contributed by atoms with Crippen molar-refractivity contribution in [1.29, 1.82) is 0 Å². The van der Waals surface area contributed by atoms with Gasteiger partial charge in [0.05, 0.1) is 11.3 Å². The lowest BCUT2D eigenvalue weighted by Crippen LogP contribution is -2.42. The van der Waals surface area contributed by atoms with Gasteiger partial charge in [-0.15, -0.1) is 0 Å². The summed E-state index contributed by atoms with van der Waals surface area (Å²) in [7, 11) is 0. The molecule has 0 aliphatic heterocycles. The fourth-order valence-corrected chi connectivity index (χ4v) is 3.56. The van der Waals surface area contributed by atoms with Crippen molar-refractivity contribution < 1.29 is 14.4 Å². The third-order valence-corrected chi connectivity index (χ3v) is 5.73. The van der Waals surface area contributed by atoms with E-state index in [1.165, 1.54) is 0 Å². The summed E-state index contributed by atoms with van der Waals surface area (Å²) in [5, 5.41) is 8.39. The van der Waals surface area contributed by atoms with Gasteiger partial charge in [0.2, 0.25) is 5.91 Å². The highest BCUT2D eigenvalue weighted by Gasteiger charge is 2.20. The van der Waals surface area contributed by atoms with E-state index in [2.05, 4.69) is 36.7 Å². The number of carbonyl (C=O) groups is 3. The van der Waals surface area contributed by atoms with Gasteiger partial charge >= 0.3 is 0 Å². The van der Waals surface area contributed by atoms with E-state index >= 15 is 0 Å². The van der Waals surface area contributed by atoms with Crippen LogP contribution in [-0.4, -0.2) is 30.3 Å². The van der Waals surface area contributed by atoms with Crippen molar-refractivity contribution in [2.75, 3.05) is 11.9 Å². The van der Waals surface area contributed by atoms with E-state index in [4.69, 9.17) is 0 Å². The molecule has 0 saturated carbocycles. The van der Waals surface area contributed by atoms with E-state index in [0.717, 1.165) is 11.1 Å². The number of hydrogen-bond acceptors (Lipinski definition) is 3. The first kappa shape index (κ1) is 25.7. The smallest absolute Gasteiger partial charge is 0.253 e. The van der Waals surface area contributed by atoms with E-state index in [-0.39, 0.29) is 17.2 Å². The van der Waals surface area contributed by atoms with Crippen molar-refractivity contribution in [2.45, 2.75) is 45.6 Å². The van der Waals surface area contributed by atoms with Gasteiger partial charge in [-0.05, 0) is 54.2 Å². The molecule has 3 N–H and O–H groups in total. The molecule has 182 valence electrons. The molecule has 0 aliphatic rings. The molecule has 0 bridgehead atoms. The molecule has 35 heavy (non-hydrogen) atoms. The van der Waals surface area contributed by atoms with Crippen molar-refractivity contribution in [3.8, 4) is 0 Å². The van der Waals surface area contributed by atoms with Crippen molar-refractivity contribution in [3.63, 3.8) is 0 Å².